The molecule has 0 unspecified atom stereocenters. The molecule has 0 aromatic carbocycles. The molecule has 0 aliphatic rings. The second-order valence-corrected chi connectivity index (χ2v) is 2.20. The fourth-order valence-corrected chi connectivity index (χ4v) is 1.06. The van der Waals surface area contributed by atoms with Crippen LogP contribution in [-0.2, 0) is 3.76 Å². The maximum absolute atomic E-state index is 4.88. The summed E-state index contributed by atoms with van der Waals surface area (Å²) in [6, 6.07) is 0. The molecule has 1 nitrogen and oxygen atoms in total. The first-order valence-corrected chi connectivity index (χ1v) is 3.62. The van der Waals surface area contributed by atoms with E-state index in [2.05, 4.69) is 6.92 Å². The van der Waals surface area contributed by atoms with Gasteiger partial charge in [0.05, 0.1) is 0 Å². The van der Waals surface area contributed by atoms with Crippen LogP contribution in [0.5, 0.6) is 0 Å². The van der Waals surface area contributed by atoms with E-state index in [9.17, 15) is 0 Å². The summed E-state index contributed by atoms with van der Waals surface area (Å²) >= 11 is 0.614. The summed E-state index contributed by atoms with van der Waals surface area (Å²) in [5.74, 6) is 0. The minimum atomic E-state index is 0.614. The zero-order valence-corrected chi connectivity index (χ0v) is 8.02. The fraction of sp³-hybridized carbons (Fsp3) is 1.00. The van der Waals surface area contributed by atoms with E-state index in [0.717, 1.165) is 6.61 Å². The van der Waals surface area contributed by atoms with Crippen LogP contribution in [0.3, 0.4) is 0 Å². The quantitative estimate of drug-likeness (QED) is 0.471. The van der Waals surface area contributed by atoms with Crippen molar-refractivity contribution in [2.75, 3.05) is 6.61 Å². The zero-order valence-electron chi connectivity index (χ0n) is 3.82. The van der Waals surface area contributed by atoms with Gasteiger partial charge in [-0.15, -0.1) is 0 Å². The summed E-state index contributed by atoms with van der Waals surface area (Å²) in [7, 11) is 0. The molecular weight excluding hydrogens is 125 g/mol. The van der Waals surface area contributed by atoms with Crippen molar-refractivity contribution >= 4 is 16.9 Å². The molecule has 2 heteroatoms. The van der Waals surface area contributed by atoms with Gasteiger partial charge in [-0.2, -0.15) is 0 Å². The summed E-state index contributed by atoms with van der Waals surface area (Å²) in [4.78, 5) is 0. The van der Waals surface area contributed by atoms with Gasteiger partial charge < -0.3 is 0 Å². The molecule has 0 aromatic heterocycles. The molecule has 0 radical (unpaired) electrons. The molecule has 0 bridgehead atoms. The predicted molar refractivity (Wildman–Crippen MR) is 26.2 cm³/mol. The van der Waals surface area contributed by atoms with Crippen LogP contribution < -0.4 is 0 Å². The molecule has 0 aliphatic carbocycles. The Kier molecular flexibility index (Phi) is 4.96. The van der Waals surface area contributed by atoms with Crippen LogP contribution in [0.4, 0.5) is 0 Å². The van der Waals surface area contributed by atoms with Crippen LogP contribution in [0.25, 0.3) is 0 Å². The van der Waals surface area contributed by atoms with E-state index in [1.54, 1.807) is 0 Å². The van der Waals surface area contributed by atoms with E-state index in [1.807, 2.05) is 0 Å². The monoisotopic (exact) mass is 136 g/mol. The topological polar surface area (TPSA) is 9.23 Å². The van der Waals surface area contributed by atoms with Gasteiger partial charge in [0.2, 0.25) is 0 Å². The molecular formula is C3H10GeO. The number of rotatable bonds is 2. The van der Waals surface area contributed by atoms with Crippen molar-refractivity contribution in [1.29, 1.82) is 0 Å². The molecule has 0 spiro atoms. The van der Waals surface area contributed by atoms with Gasteiger partial charge in [-0.05, 0) is 0 Å². The maximum atomic E-state index is 4.88. The second-order valence-electron chi connectivity index (χ2n) is 0.993. The third kappa shape index (κ3) is 4.50. The Morgan fingerprint density at radius 3 is 2.40 bits per heavy atom. The van der Waals surface area contributed by atoms with Gasteiger partial charge in [0, 0.05) is 0 Å². The Balaban J connectivity index is 2.19. The van der Waals surface area contributed by atoms with Crippen LogP contribution in [0.2, 0.25) is 0 Å². The molecule has 0 amide bonds. The molecule has 0 heterocycles. The Labute approximate surface area is 41.3 Å². The zero-order chi connectivity index (χ0) is 4.12. The molecule has 0 aromatic rings. The van der Waals surface area contributed by atoms with E-state index >= 15 is 0 Å². The summed E-state index contributed by atoms with van der Waals surface area (Å²) in [6.45, 7) is 3.09. The average molecular weight is 135 g/mol. The molecule has 5 heavy (non-hydrogen) atoms. The van der Waals surface area contributed by atoms with Crippen LogP contribution in [0.1, 0.15) is 13.3 Å². The summed E-state index contributed by atoms with van der Waals surface area (Å²) < 4.78 is 4.88. The number of hydrogen-bond donors (Lipinski definition) is 0. The van der Waals surface area contributed by atoms with Gasteiger partial charge in [0.1, 0.15) is 0 Å². The predicted octanol–water partition coefficient (Wildman–Crippen LogP) is -0.307. The SMILES string of the molecule is CCC[O][GeH3]. The first-order chi connectivity index (χ1) is 2.41. The minimum absolute atomic E-state index is 0.614. The van der Waals surface area contributed by atoms with Crippen molar-refractivity contribution in [2.45, 2.75) is 13.3 Å². The van der Waals surface area contributed by atoms with Gasteiger partial charge in [-0.25, -0.2) is 0 Å². The number of hydrogen-bond acceptors (Lipinski definition) is 1. The van der Waals surface area contributed by atoms with Gasteiger partial charge in [-0.3, -0.25) is 0 Å². The third-order valence-corrected chi connectivity index (χ3v) is 1.26. The molecule has 0 N–H and O–H groups in total. The van der Waals surface area contributed by atoms with Crippen molar-refractivity contribution < 1.29 is 3.76 Å². The Hall–Kier alpha value is 0.503. The Bertz CT molecular complexity index is 14.4. The molecule has 0 rings (SSSR count). The summed E-state index contributed by atoms with van der Waals surface area (Å²) in [5, 5.41) is 0. The van der Waals surface area contributed by atoms with Gasteiger partial charge in [-0.1, -0.05) is 0 Å². The van der Waals surface area contributed by atoms with Crippen molar-refractivity contribution in [3.63, 3.8) is 0 Å². The van der Waals surface area contributed by atoms with Crippen molar-refractivity contribution in [3.05, 3.63) is 0 Å². The van der Waals surface area contributed by atoms with Crippen molar-refractivity contribution in [2.24, 2.45) is 0 Å². The molecule has 0 saturated heterocycles. The molecule has 0 aliphatic heterocycles. The van der Waals surface area contributed by atoms with Crippen molar-refractivity contribution in [3.8, 4) is 0 Å². The molecule has 0 fully saturated rings. The standard InChI is InChI=1S/C3H10GeO/c1-2-3-5-4/h2-3H2,1,4H3. The Morgan fingerprint density at radius 2 is 2.40 bits per heavy atom. The van der Waals surface area contributed by atoms with E-state index in [0.29, 0.717) is 16.9 Å². The Morgan fingerprint density at radius 1 is 1.80 bits per heavy atom. The third-order valence-electron chi connectivity index (χ3n) is 0.408. The summed E-state index contributed by atoms with van der Waals surface area (Å²) in [5.41, 5.74) is 0. The van der Waals surface area contributed by atoms with Crippen LogP contribution in [0.15, 0.2) is 0 Å². The molecule has 0 saturated carbocycles. The first-order valence-electron chi connectivity index (χ1n) is 1.90. The van der Waals surface area contributed by atoms with Crippen LogP contribution in [0, 0.1) is 0 Å². The van der Waals surface area contributed by atoms with Gasteiger partial charge in [0.15, 0.2) is 0 Å². The van der Waals surface area contributed by atoms with Crippen LogP contribution in [-0.4, -0.2) is 23.5 Å². The summed E-state index contributed by atoms with van der Waals surface area (Å²) in [6.07, 6.45) is 1.17. The van der Waals surface area contributed by atoms with Crippen LogP contribution >= 0.6 is 0 Å². The van der Waals surface area contributed by atoms with Crippen molar-refractivity contribution in [1.82, 2.24) is 0 Å². The normalized spacial score (nSPS) is 9.00. The van der Waals surface area contributed by atoms with E-state index in [-0.39, 0.29) is 0 Å². The van der Waals surface area contributed by atoms with Gasteiger partial charge in [0.25, 0.3) is 0 Å². The van der Waals surface area contributed by atoms with E-state index in [4.69, 9.17) is 3.76 Å². The van der Waals surface area contributed by atoms with E-state index in [1.165, 1.54) is 6.42 Å². The molecule has 32 valence electrons. The first kappa shape index (κ1) is 5.50. The van der Waals surface area contributed by atoms with E-state index < -0.39 is 0 Å². The fourth-order valence-electron chi connectivity index (χ4n) is 0.204. The van der Waals surface area contributed by atoms with Gasteiger partial charge >= 0.3 is 40.6 Å². The average Bonchev–Trinajstić information content (AvgIpc) is 1.41. The second kappa shape index (κ2) is 4.50. The molecule has 0 atom stereocenters.